The molecule has 6 heteroatoms. The molecule has 1 aliphatic rings. The maximum Gasteiger partial charge on any atom is 0.226 e. The summed E-state index contributed by atoms with van der Waals surface area (Å²) in [5.41, 5.74) is 1.45. The maximum atomic E-state index is 13.5. The van der Waals surface area contributed by atoms with Gasteiger partial charge in [-0.05, 0) is 44.0 Å². The number of rotatable bonds is 7. The van der Waals surface area contributed by atoms with Crippen molar-refractivity contribution in [2.24, 2.45) is 0 Å². The Morgan fingerprint density at radius 3 is 2.84 bits per heavy atom. The minimum absolute atomic E-state index is 0.0637. The third-order valence-corrected chi connectivity index (χ3v) is 5.31. The van der Waals surface area contributed by atoms with Gasteiger partial charge in [-0.3, -0.25) is 9.69 Å². The highest BCUT2D eigenvalue weighted by Gasteiger charge is 2.13. The number of nitrogens with one attached hydrogen (secondary N) is 1. The SMILES string of the molecule is O=C(Cc1csc(CN2CCCCC2)n1)NCCc1ccccc1F. The normalized spacial score (nSPS) is 15.2. The zero-order valence-electron chi connectivity index (χ0n) is 14.3. The van der Waals surface area contributed by atoms with Gasteiger partial charge in [-0.2, -0.15) is 0 Å². The summed E-state index contributed by atoms with van der Waals surface area (Å²) in [7, 11) is 0. The highest BCUT2D eigenvalue weighted by Crippen LogP contribution is 2.16. The van der Waals surface area contributed by atoms with Crippen molar-refractivity contribution in [2.75, 3.05) is 19.6 Å². The van der Waals surface area contributed by atoms with Crippen LogP contribution >= 0.6 is 11.3 Å². The molecular formula is C19H24FN3OS. The van der Waals surface area contributed by atoms with E-state index in [2.05, 4.69) is 15.2 Å². The van der Waals surface area contributed by atoms with E-state index in [4.69, 9.17) is 0 Å². The van der Waals surface area contributed by atoms with Gasteiger partial charge in [0.2, 0.25) is 5.91 Å². The van der Waals surface area contributed by atoms with Crippen molar-refractivity contribution in [3.8, 4) is 0 Å². The molecule has 0 saturated carbocycles. The Hall–Kier alpha value is -1.79. The van der Waals surface area contributed by atoms with Crippen LogP contribution in [0, 0.1) is 5.82 Å². The third-order valence-electron chi connectivity index (χ3n) is 4.42. The minimum Gasteiger partial charge on any atom is -0.355 e. The molecule has 0 aliphatic carbocycles. The lowest BCUT2D eigenvalue weighted by molar-refractivity contribution is -0.120. The molecule has 2 heterocycles. The van der Waals surface area contributed by atoms with Gasteiger partial charge in [0, 0.05) is 11.9 Å². The van der Waals surface area contributed by atoms with Gasteiger partial charge in [0.1, 0.15) is 10.8 Å². The van der Waals surface area contributed by atoms with Gasteiger partial charge in [-0.25, -0.2) is 9.37 Å². The number of piperidine rings is 1. The van der Waals surface area contributed by atoms with Gasteiger partial charge in [-0.1, -0.05) is 24.6 Å². The molecule has 1 aliphatic heterocycles. The summed E-state index contributed by atoms with van der Waals surface area (Å²) in [6, 6.07) is 6.66. The van der Waals surface area contributed by atoms with Gasteiger partial charge in [0.05, 0.1) is 18.7 Å². The lowest BCUT2D eigenvalue weighted by Gasteiger charge is -2.25. The lowest BCUT2D eigenvalue weighted by Crippen LogP contribution is -2.29. The monoisotopic (exact) mass is 361 g/mol. The second-order valence-corrected chi connectivity index (χ2v) is 7.38. The van der Waals surface area contributed by atoms with Gasteiger partial charge >= 0.3 is 0 Å². The second-order valence-electron chi connectivity index (χ2n) is 6.44. The Kier molecular flexibility index (Phi) is 6.53. The molecule has 0 unspecified atom stereocenters. The van der Waals surface area contributed by atoms with Crippen LogP contribution in [0.4, 0.5) is 4.39 Å². The Labute approximate surface area is 152 Å². The van der Waals surface area contributed by atoms with Crippen LogP contribution in [-0.2, 0) is 24.2 Å². The fraction of sp³-hybridized carbons (Fsp3) is 0.474. The molecule has 1 fully saturated rings. The van der Waals surface area contributed by atoms with Gasteiger partial charge in [0.15, 0.2) is 0 Å². The molecular weight excluding hydrogens is 337 g/mol. The first-order chi connectivity index (χ1) is 12.2. The smallest absolute Gasteiger partial charge is 0.226 e. The van der Waals surface area contributed by atoms with E-state index in [1.807, 2.05) is 5.38 Å². The summed E-state index contributed by atoms with van der Waals surface area (Å²) in [4.78, 5) is 19.0. The van der Waals surface area contributed by atoms with Crippen molar-refractivity contribution in [1.82, 2.24) is 15.2 Å². The molecule has 25 heavy (non-hydrogen) atoms. The van der Waals surface area contributed by atoms with Crippen LogP contribution in [0.2, 0.25) is 0 Å². The molecule has 134 valence electrons. The van der Waals surface area contributed by atoms with E-state index in [1.54, 1.807) is 29.5 Å². The zero-order valence-corrected chi connectivity index (χ0v) is 15.2. The van der Waals surface area contributed by atoms with Crippen LogP contribution in [0.25, 0.3) is 0 Å². The number of carbonyl (C=O) groups excluding carboxylic acids is 1. The van der Waals surface area contributed by atoms with Crippen LogP contribution in [0.5, 0.6) is 0 Å². The zero-order chi connectivity index (χ0) is 17.5. The number of thiazole rings is 1. The van der Waals surface area contributed by atoms with Crippen molar-refractivity contribution in [2.45, 2.75) is 38.6 Å². The Bertz CT molecular complexity index is 697. The van der Waals surface area contributed by atoms with Crippen molar-refractivity contribution in [3.05, 3.63) is 51.7 Å². The number of halogens is 1. The van der Waals surface area contributed by atoms with E-state index in [0.29, 0.717) is 18.5 Å². The quantitative estimate of drug-likeness (QED) is 0.824. The highest BCUT2D eigenvalue weighted by molar-refractivity contribution is 7.09. The fourth-order valence-electron chi connectivity index (χ4n) is 3.08. The molecule has 3 rings (SSSR count). The molecule has 0 atom stereocenters. The number of amides is 1. The molecule has 1 aromatic carbocycles. The van der Waals surface area contributed by atoms with E-state index in [1.165, 1.54) is 25.3 Å². The first-order valence-electron chi connectivity index (χ1n) is 8.86. The number of carbonyl (C=O) groups is 1. The lowest BCUT2D eigenvalue weighted by atomic mass is 10.1. The van der Waals surface area contributed by atoms with Crippen molar-refractivity contribution >= 4 is 17.2 Å². The average Bonchev–Trinajstić information content (AvgIpc) is 3.04. The first-order valence-corrected chi connectivity index (χ1v) is 9.74. The Balaban J connectivity index is 1.41. The Morgan fingerprint density at radius 2 is 2.04 bits per heavy atom. The summed E-state index contributed by atoms with van der Waals surface area (Å²) < 4.78 is 13.5. The van der Waals surface area contributed by atoms with Gasteiger partial charge in [0.25, 0.3) is 0 Å². The average molecular weight is 361 g/mol. The van der Waals surface area contributed by atoms with Crippen molar-refractivity contribution in [1.29, 1.82) is 0 Å². The second kappa shape index (κ2) is 9.06. The number of hydrogen-bond acceptors (Lipinski definition) is 4. The summed E-state index contributed by atoms with van der Waals surface area (Å²) in [5, 5.41) is 5.89. The molecule has 0 bridgehead atoms. The van der Waals surface area contributed by atoms with E-state index in [9.17, 15) is 9.18 Å². The molecule has 4 nitrogen and oxygen atoms in total. The first kappa shape index (κ1) is 18.0. The van der Waals surface area contributed by atoms with Crippen LogP contribution in [0.3, 0.4) is 0 Å². The molecule has 0 radical (unpaired) electrons. The predicted molar refractivity (Wildman–Crippen MR) is 98.1 cm³/mol. The van der Waals surface area contributed by atoms with Crippen LogP contribution in [0.15, 0.2) is 29.6 Å². The standard InChI is InChI=1S/C19H24FN3OS/c20-17-7-3-2-6-15(17)8-9-21-18(24)12-16-14-25-19(22-16)13-23-10-4-1-5-11-23/h2-3,6-7,14H,1,4-5,8-13H2,(H,21,24). The van der Waals surface area contributed by atoms with Crippen LogP contribution in [-0.4, -0.2) is 35.4 Å². The maximum absolute atomic E-state index is 13.5. The van der Waals surface area contributed by atoms with Crippen LogP contribution in [0.1, 0.15) is 35.5 Å². The number of nitrogens with zero attached hydrogens (tertiary/aromatic N) is 2. The summed E-state index contributed by atoms with van der Waals surface area (Å²) in [5.74, 6) is -0.287. The predicted octanol–water partition coefficient (Wildman–Crippen LogP) is 3.17. The number of likely N-dealkylation sites (tertiary alicyclic amines) is 1. The van der Waals surface area contributed by atoms with Gasteiger partial charge < -0.3 is 5.32 Å². The largest absolute Gasteiger partial charge is 0.355 e. The summed E-state index contributed by atoms with van der Waals surface area (Å²) in [6.45, 7) is 3.61. The molecule has 1 N–H and O–H groups in total. The molecule has 1 amide bonds. The number of hydrogen-bond donors (Lipinski definition) is 1. The summed E-state index contributed by atoms with van der Waals surface area (Å²) >= 11 is 1.63. The van der Waals surface area contributed by atoms with Crippen LogP contribution < -0.4 is 5.32 Å². The number of benzene rings is 1. The van der Waals surface area contributed by atoms with E-state index >= 15 is 0 Å². The molecule has 0 spiro atoms. The highest BCUT2D eigenvalue weighted by atomic mass is 32.1. The van der Waals surface area contributed by atoms with E-state index in [0.717, 1.165) is 30.3 Å². The topological polar surface area (TPSA) is 45.2 Å². The van der Waals surface area contributed by atoms with Crippen molar-refractivity contribution in [3.63, 3.8) is 0 Å². The fourth-order valence-corrected chi connectivity index (χ4v) is 3.91. The van der Waals surface area contributed by atoms with Crippen molar-refractivity contribution < 1.29 is 9.18 Å². The number of aromatic nitrogens is 1. The molecule has 1 aromatic heterocycles. The van der Waals surface area contributed by atoms with E-state index in [-0.39, 0.29) is 18.1 Å². The van der Waals surface area contributed by atoms with Gasteiger partial charge in [-0.15, -0.1) is 11.3 Å². The molecule has 1 saturated heterocycles. The summed E-state index contributed by atoms with van der Waals surface area (Å²) in [6.07, 6.45) is 4.64. The minimum atomic E-state index is -0.224. The molecule has 2 aromatic rings. The Morgan fingerprint density at radius 1 is 1.24 bits per heavy atom. The van der Waals surface area contributed by atoms with E-state index < -0.39 is 0 Å². The third kappa shape index (κ3) is 5.61.